The van der Waals surface area contributed by atoms with E-state index in [4.69, 9.17) is 23.9 Å². The van der Waals surface area contributed by atoms with Crippen molar-refractivity contribution in [2.75, 3.05) is 117 Å². The number of likely N-dealkylation sites (tertiary alicyclic amines) is 1. The number of methoxy groups -OCH3 is 1. The number of pyridine rings is 1. The largest absolute Gasteiger partial charge is 0.464 e. The molecule has 6 bridgehead atoms. The number of hydrogen-bond acceptors (Lipinski definition) is 15. The molecule has 1 spiro atoms. The molecule has 2 aliphatic carbocycles. The van der Waals surface area contributed by atoms with E-state index in [9.17, 15) is 9.59 Å². The average Bonchev–Trinajstić information content (AvgIpc) is 2.10. The van der Waals surface area contributed by atoms with E-state index >= 15 is 22.8 Å². The minimum atomic E-state index is -4.60. The molecule has 8 aliphatic heterocycles. The van der Waals surface area contributed by atoms with Gasteiger partial charge in [0.15, 0.2) is 0 Å². The monoisotopic (exact) mass is 1170 g/mol. The first-order chi connectivity index (χ1) is 40.4. The Hall–Kier alpha value is -5.20. The number of amides is 3. The zero-order valence-corrected chi connectivity index (χ0v) is 49.2. The minimum absolute atomic E-state index is 0.0620. The molecule has 1 aromatic carbocycles. The zero-order chi connectivity index (χ0) is 58.2. The number of anilines is 1. The summed E-state index contributed by atoms with van der Waals surface area (Å²) in [4.78, 5) is 74.4. The number of morpholine rings is 2. The summed E-state index contributed by atoms with van der Waals surface area (Å²) in [5.74, 6) is -0.294. The van der Waals surface area contributed by atoms with Crippen LogP contribution in [0.1, 0.15) is 101 Å². The smallest absolute Gasteiger partial charge is 0.406 e. The number of fused-ring (bicyclic) bond motifs is 7. The van der Waals surface area contributed by atoms with Gasteiger partial charge in [0, 0.05) is 100 Å². The Labute approximate surface area is 490 Å². The average molecular weight is 1170 g/mol. The lowest BCUT2D eigenvalue weighted by Crippen LogP contribution is -2.73. The van der Waals surface area contributed by atoms with Crippen LogP contribution >= 0.6 is 0 Å². The van der Waals surface area contributed by atoms with E-state index in [1.54, 1.807) is 13.2 Å². The van der Waals surface area contributed by atoms with Gasteiger partial charge in [0.2, 0.25) is 11.8 Å². The Morgan fingerprint density at radius 2 is 1.77 bits per heavy atom. The van der Waals surface area contributed by atoms with Gasteiger partial charge in [0.05, 0.1) is 81.0 Å². The van der Waals surface area contributed by atoms with Crippen molar-refractivity contribution in [1.29, 1.82) is 0 Å². The quantitative estimate of drug-likeness (QED) is 0.174. The summed E-state index contributed by atoms with van der Waals surface area (Å²) in [6.07, 6.45) is 6.74. The van der Waals surface area contributed by atoms with Gasteiger partial charge in [-0.05, 0) is 105 Å². The fourth-order valence-electron chi connectivity index (χ4n) is 15.3. The standard InChI is InChI=1S/C62H84F3N11O8/c1-38(81-4)51-46(26-43(28-66-51)72-20-19-71-21-23-82-32-44(71)30-72)55-47-27-60(2,3)37-83-59(80)48-12-8-18-76(69-48)57(78)49(31-70-17-7-11-42(29-70)41-15-16-50(45(47)25-41)75(55)36-62(63,64)65)67-56(77)54(40-9-5-6-10-40)73-22-24-84-61(33-73)34-74(35-61)58(79)53-52(68-53)39-13-14-39/h11,15-16,25-26,28,38-40,44,48-49,52-54,68-69H,5-10,12-14,17-24,27,29-37H2,1-4H3,(H,67,77)/t38-,44-,48-,49-,52?,53+,54?/m0/s1. The van der Waals surface area contributed by atoms with Gasteiger partial charge in [-0.1, -0.05) is 38.8 Å². The Balaban J connectivity index is 0.835. The maximum atomic E-state index is 15.3. The highest BCUT2D eigenvalue weighted by atomic mass is 19.4. The van der Waals surface area contributed by atoms with Crippen molar-refractivity contribution >= 4 is 45.9 Å². The molecule has 8 fully saturated rings. The summed E-state index contributed by atoms with van der Waals surface area (Å²) in [5, 5.41) is 8.86. The van der Waals surface area contributed by atoms with Crippen LogP contribution in [-0.2, 0) is 51.1 Å². The molecule has 10 heterocycles. The number of nitrogens with one attached hydrogen (secondary N) is 3. The first-order valence-electron chi connectivity index (χ1n) is 31.1. The lowest BCUT2D eigenvalue weighted by atomic mass is 9.84. The molecule has 0 radical (unpaired) electrons. The second-order valence-corrected chi connectivity index (χ2v) is 26.7. The second-order valence-electron chi connectivity index (χ2n) is 26.7. The predicted molar refractivity (Wildman–Crippen MR) is 308 cm³/mol. The van der Waals surface area contributed by atoms with Crippen LogP contribution in [0.5, 0.6) is 0 Å². The molecule has 3 amide bonds. The van der Waals surface area contributed by atoms with Gasteiger partial charge in [0.1, 0.15) is 30.3 Å². The van der Waals surface area contributed by atoms with Crippen LogP contribution in [-0.4, -0.2) is 218 Å². The van der Waals surface area contributed by atoms with Gasteiger partial charge in [0.25, 0.3) is 5.91 Å². The lowest BCUT2D eigenvalue weighted by molar-refractivity contribution is -0.197. The maximum Gasteiger partial charge on any atom is 0.406 e. The summed E-state index contributed by atoms with van der Waals surface area (Å²) in [6, 6.07) is 5.66. The van der Waals surface area contributed by atoms with E-state index in [0.717, 1.165) is 62.1 Å². The third kappa shape index (κ3) is 11.9. The van der Waals surface area contributed by atoms with Crippen LogP contribution in [0, 0.1) is 17.3 Å². The maximum absolute atomic E-state index is 15.3. The highest BCUT2D eigenvalue weighted by Crippen LogP contribution is 2.45. The van der Waals surface area contributed by atoms with E-state index in [0.29, 0.717) is 131 Å². The topological polar surface area (TPSA) is 188 Å². The molecule has 3 aromatic rings. The number of esters is 1. The van der Waals surface area contributed by atoms with E-state index in [1.165, 1.54) is 22.4 Å². The SMILES string of the molecule is CO[C@@H](C)c1ncc(N2CCN3CCOC[C@@H]3C2)cc1-c1c2c3cc(ccc3n1CC(F)(F)F)C1=CCCN(C1)C[C@H](NC(=O)C(C1CCCC1)N1CCOC3(CN(C(=O)[C@@H]4NC4C4CC4)C3)C1)C(=O)N1CCC[C@H](N1)C(=O)OCC(C)(C)C2. The van der Waals surface area contributed by atoms with Crippen LogP contribution in [0.15, 0.2) is 36.5 Å². The van der Waals surface area contributed by atoms with E-state index < -0.39 is 53.9 Å². The molecule has 2 aromatic heterocycles. The predicted octanol–water partition coefficient (Wildman–Crippen LogP) is 4.91. The Bertz CT molecular complexity index is 3030. The molecule has 19 nitrogen and oxygen atoms in total. The molecule has 10 aliphatic rings. The van der Waals surface area contributed by atoms with Gasteiger partial charge in [-0.25, -0.2) is 5.43 Å². The van der Waals surface area contributed by atoms with E-state index in [1.807, 2.05) is 50.1 Å². The van der Waals surface area contributed by atoms with Crippen LogP contribution in [0.3, 0.4) is 0 Å². The van der Waals surface area contributed by atoms with Crippen LogP contribution < -0.4 is 21.0 Å². The second kappa shape index (κ2) is 23.1. The molecule has 456 valence electrons. The van der Waals surface area contributed by atoms with E-state index in [2.05, 4.69) is 41.7 Å². The molecule has 13 rings (SSSR count). The molecule has 8 atom stereocenters. The zero-order valence-electron chi connectivity index (χ0n) is 49.2. The van der Waals surface area contributed by atoms with Crippen LogP contribution in [0.2, 0.25) is 0 Å². The highest BCUT2D eigenvalue weighted by Gasteiger charge is 2.58. The number of hydrogen-bond donors (Lipinski definition) is 3. The summed E-state index contributed by atoms with van der Waals surface area (Å²) in [6.45, 7) is 12.8. The highest BCUT2D eigenvalue weighted by molar-refractivity contribution is 5.96. The fourth-order valence-corrected chi connectivity index (χ4v) is 15.3. The molecule has 22 heteroatoms. The van der Waals surface area contributed by atoms with E-state index in [-0.39, 0.29) is 61.3 Å². The van der Waals surface area contributed by atoms with Gasteiger partial charge in [-0.3, -0.25) is 49.2 Å². The van der Waals surface area contributed by atoms with Gasteiger partial charge < -0.3 is 38.6 Å². The van der Waals surface area contributed by atoms with Crippen LogP contribution in [0.25, 0.3) is 27.7 Å². The Morgan fingerprint density at radius 1 is 0.952 bits per heavy atom. The molecular formula is C62H84F3N11O8. The fraction of sp³-hybridized carbons (Fsp3) is 0.694. The normalized spacial score (nSPS) is 29.6. The van der Waals surface area contributed by atoms with Gasteiger partial charge >= 0.3 is 12.1 Å². The van der Waals surface area contributed by atoms with Crippen molar-refractivity contribution in [2.24, 2.45) is 17.3 Å². The number of halogens is 3. The number of benzene rings is 1. The third-order valence-corrected chi connectivity index (χ3v) is 19.9. The summed E-state index contributed by atoms with van der Waals surface area (Å²) >= 11 is 0. The summed E-state index contributed by atoms with van der Waals surface area (Å²) < 4.78 is 71.8. The third-order valence-electron chi connectivity index (χ3n) is 19.9. The Kier molecular flexibility index (Phi) is 15.9. The summed E-state index contributed by atoms with van der Waals surface area (Å²) in [5.41, 5.74) is 6.98. The van der Waals surface area contributed by atoms with Crippen molar-refractivity contribution < 1.29 is 51.3 Å². The lowest BCUT2D eigenvalue weighted by Gasteiger charge is -2.55. The molecule has 6 saturated heterocycles. The number of cyclic esters (lactones) is 1. The minimum Gasteiger partial charge on any atom is -0.464 e. The number of aromatic nitrogens is 2. The number of carbonyl (C=O) groups excluding carboxylic acids is 4. The van der Waals surface area contributed by atoms with Crippen molar-refractivity contribution in [3.63, 3.8) is 0 Å². The first kappa shape index (κ1) is 57.9. The van der Waals surface area contributed by atoms with Crippen molar-refractivity contribution in [1.82, 2.24) is 50.2 Å². The number of alkyl halides is 3. The molecular weight excluding hydrogens is 1080 g/mol. The van der Waals surface area contributed by atoms with Gasteiger partial charge in [-0.15, -0.1) is 0 Å². The number of carbonyl (C=O) groups is 4. The molecule has 3 unspecified atom stereocenters. The number of ether oxygens (including phenoxy) is 4. The number of rotatable bonds is 11. The van der Waals surface area contributed by atoms with Crippen molar-refractivity contribution in [3.8, 4) is 11.3 Å². The first-order valence-corrected chi connectivity index (χ1v) is 31.1. The number of nitrogens with zero attached hydrogens (tertiary/aromatic N) is 8. The molecule has 3 N–H and O–H groups in total. The molecule has 84 heavy (non-hydrogen) atoms. The van der Waals surface area contributed by atoms with Gasteiger partial charge in [-0.2, -0.15) is 13.2 Å². The molecule has 2 saturated carbocycles. The Morgan fingerprint density at radius 3 is 2.56 bits per heavy atom. The number of hydrazine groups is 1. The van der Waals surface area contributed by atoms with Crippen molar-refractivity contribution in [3.05, 3.63) is 53.4 Å². The van der Waals surface area contributed by atoms with Crippen LogP contribution in [0.4, 0.5) is 18.9 Å². The number of piperazine rings is 1. The van der Waals surface area contributed by atoms with Crippen molar-refractivity contribution in [2.45, 2.75) is 146 Å². The summed E-state index contributed by atoms with van der Waals surface area (Å²) in [7, 11) is 1.58.